The molecule has 1 fully saturated rings. The van der Waals surface area contributed by atoms with Crippen molar-refractivity contribution in [3.63, 3.8) is 0 Å². The number of rotatable bonds is 6. The van der Waals surface area contributed by atoms with E-state index in [4.69, 9.17) is 4.74 Å². The molecule has 3 atom stereocenters. The van der Waals surface area contributed by atoms with Gasteiger partial charge in [0.05, 0.1) is 11.4 Å². The van der Waals surface area contributed by atoms with Crippen LogP contribution in [-0.2, 0) is 14.8 Å². The normalized spacial score (nSPS) is 27.4. The summed E-state index contributed by atoms with van der Waals surface area (Å²) in [5.41, 5.74) is 0. The van der Waals surface area contributed by atoms with Crippen molar-refractivity contribution in [1.82, 2.24) is 10.0 Å². The quantitative estimate of drug-likeness (QED) is 0.756. The van der Waals surface area contributed by atoms with Gasteiger partial charge < -0.3 is 10.1 Å². The van der Waals surface area contributed by atoms with Crippen LogP contribution in [0, 0.1) is 0 Å². The minimum absolute atomic E-state index is 0.0141. The molecule has 6 heteroatoms. The van der Waals surface area contributed by atoms with E-state index >= 15 is 0 Å². The Bertz CT molecular complexity index is 343. The van der Waals surface area contributed by atoms with E-state index in [0.717, 1.165) is 12.8 Å². The van der Waals surface area contributed by atoms with E-state index in [0.29, 0.717) is 19.2 Å². The zero-order valence-corrected chi connectivity index (χ0v) is 12.6. The summed E-state index contributed by atoms with van der Waals surface area (Å²) in [6, 6.07) is 0.311. The van der Waals surface area contributed by atoms with Crippen molar-refractivity contribution in [2.24, 2.45) is 0 Å². The summed E-state index contributed by atoms with van der Waals surface area (Å²) in [4.78, 5) is 0. The molecule has 0 aliphatic carbocycles. The third-order valence-electron chi connectivity index (χ3n) is 3.16. The first kappa shape index (κ1) is 15.9. The minimum atomic E-state index is -3.25. The molecule has 108 valence electrons. The molecule has 0 radical (unpaired) electrons. The maximum absolute atomic E-state index is 12.1. The maximum Gasteiger partial charge on any atom is 0.215 e. The summed E-state index contributed by atoms with van der Waals surface area (Å²) in [5.74, 6) is 0. The Labute approximate surface area is 111 Å². The Morgan fingerprint density at radius 3 is 2.56 bits per heavy atom. The molecule has 0 aromatic carbocycles. The van der Waals surface area contributed by atoms with Crippen molar-refractivity contribution >= 4 is 10.0 Å². The maximum atomic E-state index is 12.1. The van der Waals surface area contributed by atoms with Crippen molar-refractivity contribution in [3.05, 3.63) is 0 Å². The standard InChI is InChI=1S/C12H26N2O3S/c1-9(2)13-8-11(4)18(15,16)14-12-5-6-17-10(3)7-12/h9-14H,5-8H2,1-4H3. The number of hydrogen-bond donors (Lipinski definition) is 2. The van der Waals surface area contributed by atoms with Crippen LogP contribution in [0.25, 0.3) is 0 Å². The van der Waals surface area contributed by atoms with Crippen molar-refractivity contribution in [1.29, 1.82) is 0 Å². The van der Waals surface area contributed by atoms with Gasteiger partial charge in [0, 0.05) is 25.2 Å². The lowest BCUT2D eigenvalue weighted by Crippen LogP contribution is -2.47. The first-order valence-electron chi connectivity index (χ1n) is 6.67. The third kappa shape index (κ3) is 5.22. The van der Waals surface area contributed by atoms with Crippen LogP contribution >= 0.6 is 0 Å². The highest BCUT2D eigenvalue weighted by atomic mass is 32.2. The van der Waals surface area contributed by atoms with Gasteiger partial charge >= 0.3 is 0 Å². The van der Waals surface area contributed by atoms with Gasteiger partial charge in [-0.2, -0.15) is 0 Å². The van der Waals surface area contributed by atoms with Crippen molar-refractivity contribution < 1.29 is 13.2 Å². The van der Waals surface area contributed by atoms with Gasteiger partial charge in [-0.05, 0) is 26.7 Å². The predicted octanol–water partition coefficient (Wildman–Crippen LogP) is 0.860. The largest absolute Gasteiger partial charge is 0.378 e. The van der Waals surface area contributed by atoms with Crippen molar-refractivity contribution in [2.45, 2.75) is 64.0 Å². The molecule has 0 aromatic rings. The predicted molar refractivity (Wildman–Crippen MR) is 73.1 cm³/mol. The van der Waals surface area contributed by atoms with Crippen LogP contribution in [0.3, 0.4) is 0 Å². The summed E-state index contributed by atoms with van der Waals surface area (Å²) in [5, 5.41) is 2.74. The van der Waals surface area contributed by atoms with Crippen LogP contribution in [-0.4, -0.2) is 45.0 Å². The second kappa shape index (κ2) is 6.84. The summed E-state index contributed by atoms with van der Waals surface area (Å²) in [7, 11) is -3.25. The SMILES string of the molecule is CC(C)NCC(C)S(=O)(=O)NC1CCOC(C)C1. The number of sulfonamides is 1. The second-order valence-electron chi connectivity index (χ2n) is 5.44. The van der Waals surface area contributed by atoms with E-state index in [1.54, 1.807) is 6.92 Å². The summed E-state index contributed by atoms with van der Waals surface area (Å²) < 4.78 is 32.5. The number of ether oxygens (including phenoxy) is 1. The highest BCUT2D eigenvalue weighted by Crippen LogP contribution is 2.15. The fourth-order valence-corrected chi connectivity index (χ4v) is 3.19. The van der Waals surface area contributed by atoms with Gasteiger partial charge in [0.1, 0.15) is 0 Å². The molecule has 1 rings (SSSR count). The molecule has 18 heavy (non-hydrogen) atoms. The van der Waals surface area contributed by atoms with E-state index in [2.05, 4.69) is 10.0 Å². The van der Waals surface area contributed by atoms with Gasteiger partial charge in [0.25, 0.3) is 0 Å². The Morgan fingerprint density at radius 2 is 2.00 bits per heavy atom. The van der Waals surface area contributed by atoms with Gasteiger partial charge in [-0.3, -0.25) is 0 Å². The second-order valence-corrected chi connectivity index (χ2v) is 7.57. The van der Waals surface area contributed by atoms with Crippen molar-refractivity contribution in [3.8, 4) is 0 Å². The van der Waals surface area contributed by atoms with Gasteiger partial charge in [-0.15, -0.1) is 0 Å². The smallest absolute Gasteiger partial charge is 0.215 e. The average molecular weight is 278 g/mol. The molecule has 0 saturated carbocycles. The zero-order valence-electron chi connectivity index (χ0n) is 11.8. The van der Waals surface area contributed by atoms with Crippen molar-refractivity contribution in [2.75, 3.05) is 13.2 Å². The summed E-state index contributed by atoms with van der Waals surface area (Å²) >= 11 is 0. The number of hydrogen-bond acceptors (Lipinski definition) is 4. The molecule has 0 amide bonds. The van der Waals surface area contributed by atoms with Crippen LogP contribution in [0.5, 0.6) is 0 Å². The van der Waals surface area contributed by atoms with Gasteiger partial charge in [0.2, 0.25) is 10.0 Å². The molecule has 2 N–H and O–H groups in total. The summed E-state index contributed by atoms with van der Waals surface area (Å²) in [6.45, 7) is 8.84. The Hall–Kier alpha value is -0.170. The van der Waals surface area contributed by atoms with E-state index in [1.807, 2.05) is 20.8 Å². The third-order valence-corrected chi connectivity index (χ3v) is 5.05. The highest BCUT2D eigenvalue weighted by Gasteiger charge is 2.27. The fourth-order valence-electron chi connectivity index (χ4n) is 1.96. The van der Waals surface area contributed by atoms with Crippen LogP contribution in [0.15, 0.2) is 0 Å². The molecule has 1 saturated heterocycles. The molecular formula is C12H26N2O3S. The first-order chi connectivity index (χ1) is 8.31. The zero-order chi connectivity index (χ0) is 13.8. The Kier molecular flexibility index (Phi) is 6.04. The van der Waals surface area contributed by atoms with E-state index < -0.39 is 15.3 Å². The molecule has 3 unspecified atom stereocenters. The van der Waals surface area contributed by atoms with Crippen LogP contribution in [0.1, 0.15) is 40.5 Å². The minimum Gasteiger partial charge on any atom is -0.378 e. The molecule has 5 nitrogen and oxygen atoms in total. The van der Waals surface area contributed by atoms with Gasteiger partial charge in [-0.1, -0.05) is 13.8 Å². The molecule has 0 spiro atoms. The van der Waals surface area contributed by atoms with Crippen LogP contribution < -0.4 is 10.0 Å². The fraction of sp³-hybridized carbons (Fsp3) is 1.00. The highest BCUT2D eigenvalue weighted by molar-refractivity contribution is 7.90. The monoisotopic (exact) mass is 278 g/mol. The average Bonchev–Trinajstić information content (AvgIpc) is 2.25. The lowest BCUT2D eigenvalue weighted by molar-refractivity contribution is 0.0173. The lowest BCUT2D eigenvalue weighted by atomic mass is 10.1. The molecule has 1 aliphatic rings. The molecule has 1 aliphatic heterocycles. The van der Waals surface area contributed by atoms with Gasteiger partial charge in [-0.25, -0.2) is 13.1 Å². The van der Waals surface area contributed by atoms with Gasteiger partial charge in [0.15, 0.2) is 0 Å². The van der Waals surface area contributed by atoms with Crippen LogP contribution in [0.4, 0.5) is 0 Å². The van der Waals surface area contributed by atoms with E-state index in [9.17, 15) is 8.42 Å². The Balaban J connectivity index is 2.47. The van der Waals surface area contributed by atoms with E-state index in [-0.39, 0.29) is 12.1 Å². The molecular weight excluding hydrogens is 252 g/mol. The van der Waals surface area contributed by atoms with E-state index in [1.165, 1.54) is 0 Å². The first-order valence-corrected chi connectivity index (χ1v) is 8.22. The number of nitrogens with one attached hydrogen (secondary N) is 2. The topological polar surface area (TPSA) is 67.4 Å². The summed E-state index contributed by atoms with van der Waals surface area (Å²) in [6.07, 6.45) is 1.65. The molecule has 0 aromatic heterocycles. The van der Waals surface area contributed by atoms with Crippen LogP contribution in [0.2, 0.25) is 0 Å². The Morgan fingerprint density at radius 1 is 1.33 bits per heavy atom. The lowest BCUT2D eigenvalue weighted by Gasteiger charge is -2.29. The molecule has 1 heterocycles. The molecule has 0 bridgehead atoms.